The number of hydrogen-bond donors (Lipinski definition) is 1. The maximum Gasteiger partial charge on any atom is 0.112 e. The van der Waals surface area contributed by atoms with Crippen molar-refractivity contribution in [3.05, 3.63) is 32.4 Å². The van der Waals surface area contributed by atoms with Crippen molar-refractivity contribution in [1.29, 1.82) is 0 Å². The summed E-state index contributed by atoms with van der Waals surface area (Å²) in [5, 5.41) is 11.0. The van der Waals surface area contributed by atoms with Crippen molar-refractivity contribution in [2.24, 2.45) is 7.05 Å². The second-order valence-corrected chi connectivity index (χ2v) is 6.47. The lowest BCUT2D eigenvalue weighted by Gasteiger charge is -2.24. The minimum Gasteiger partial charge on any atom is -0.300 e. The molecular weight excluding hydrogens is 312 g/mol. The van der Waals surface area contributed by atoms with Crippen molar-refractivity contribution < 1.29 is 0 Å². The molecule has 0 saturated heterocycles. The molecule has 2 aromatic rings. The summed E-state index contributed by atoms with van der Waals surface area (Å²) in [5.74, 6) is 0. The molecule has 6 heteroatoms. The summed E-state index contributed by atoms with van der Waals surface area (Å²) in [6, 6.07) is 0. The van der Waals surface area contributed by atoms with E-state index in [2.05, 4.69) is 45.2 Å². The zero-order chi connectivity index (χ0) is 13.3. The normalized spacial score (nSPS) is 12.1. The van der Waals surface area contributed by atoms with Crippen LogP contribution < -0.4 is 5.32 Å². The van der Waals surface area contributed by atoms with Gasteiger partial charge in [-0.2, -0.15) is 5.10 Å². The molecule has 18 heavy (non-hydrogen) atoms. The highest BCUT2D eigenvalue weighted by atomic mass is 79.9. The first kappa shape index (κ1) is 13.7. The summed E-state index contributed by atoms with van der Waals surface area (Å²) in [7, 11) is 1.96. The molecule has 98 valence electrons. The average Bonchev–Trinajstić information content (AvgIpc) is 2.88. The van der Waals surface area contributed by atoms with E-state index in [0.717, 1.165) is 27.4 Å². The summed E-state index contributed by atoms with van der Waals surface area (Å²) in [6.45, 7) is 7.04. The molecule has 0 amide bonds. The van der Waals surface area contributed by atoms with E-state index in [1.165, 1.54) is 0 Å². The second-order valence-electron chi connectivity index (χ2n) is 4.79. The Morgan fingerprint density at radius 1 is 1.50 bits per heavy atom. The SMILES string of the molecule is Cc1nn(C)c(CNC(C)(C)c2nccs2)c1Br. The van der Waals surface area contributed by atoms with Crippen LogP contribution in [-0.4, -0.2) is 14.8 Å². The molecule has 0 unspecified atom stereocenters. The van der Waals surface area contributed by atoms with Gasteiger partial charge in [0, 0.05) is 25.2 Å². The van der Waals surface area contributed by atoms with Crippen molar-refractivity contribution in [1.82, 2.24) is 20.1 Å². The Bertz CT molecular complexity index is 531. The van der Waals surface area contributed by atoms with Crippen LogP contribution in [0.2, 0.25) is 0 Å². The van der Waals surface area contributed by atoms with Crippen molar-refractivity contribution in [2.45, 2.75) is 32.9 Å². The van der Waals surface area contributed by atoms with Gasteiger partial charge in [0.25, 0.3) is 0 Å². The Labute approximate surface area is 120 Å². The highest BCUT2D eigenvalue weighted by Gasteiger charge is 2.23. The zero-order valence-electron chi connectivity index (χ0n) is 11.0. The smallest absolute Gasteiger partial charge is 0.112 e. The maximum atomic E-state index is 4.39. The lowest BCUT2D eigenvalue weighted by molar-refractivity contribution is 0.391. The number of aromatic nitrogens is 3. The molecular formula is C12H17BrN4S. The maximum absolute atomic E-state index is 4.39. The summed E-state index contributed by atoms with van der Waals surface area (Å²) in [4.78, 5) is 4.37. The number of hydrogen-bond acceptors (Lipinski definition) is 4. The molecule has 0 atom stereocenters. The number of halogens is 1. The van der Waals surface area contributed by atoms with Crippen LogP contribution in [0.15, 0.2) is 16.0 Å². The van der Waals surface area contributed by atoms with Gasteiger partial charge in [-0.25, -0.2) is 4.98 Å². The Morgan fingerprint density at radius 3 is 2.72 bits per heavy atom. The molecule has 2 heterocycles. The van der Waals surface area contributed by atoms with E-state index in [-0.39, 0.29) is 5.54 Å². The molecule has 0 bridgehead atoms. The van der Waals surface area contributed by atoms with Gasteiger partial charge in [0.1, 0.15) is 5.01 Å². The number of nitrogens with zero attached hydrogens (tertiary/aromatic N) is 3. The number of thiazole rings is 1. The van der Waals surface area contributed by atoms with Crippen LogP contribution >= 0.6 is 27.3 Å². The van der Waals surface area contributed by atoms with Gasteiger partial charge in [0.2, 0.25) is 0 Å². The fourth-order valence-corrected chi connectivity index (χ4v) is 3.00. The summed E-state index contributed by atoms with van der Waals surface area (Å²) < 4.78 is 2.98. The largest absolute Gasteiger partial charge is 0.300 e. The van der Waals surface area contributed by atoms with Gasteiger partial charge >= 0.3 is 0 Å². The molecule has 2 aromatic heterocycles. The van der Waals surface area contributed by atoms with E-state index >= 15 is 0 Å². The van der Waals surface area contributed by atoms with Gasteiger partial charge < -0.3 is 5.32 Å². The third kappa shape index (κ3) is 2.65. The van der Waals surface area contributed by atoms with Crippen LogP contribution in [-0.2, 0) is 19.1 Å². The van der Waals surface area contributed by atoms with Gasteiger partial charge in [0.05, 0.1) is 21.4 Å². The first-order valence-corrected chi connectivity index (χ1v) is 7.42. The first-order chi connectivity index (χ1) is 8.42. The standard InChI is InChI=1S/C12H17BrN4S/c1-8-10(13)9(17(4)16-8)7-15-12(2,3)11-14-5-6-18-11/h5-6,15H,7H2,1-4H3. The monoisotopic (exact) mass is 328 g/mol. The minimum absolute atomic E-state index is 0.133. The minimum atomic E-state index is -0.133. The van der Waals surface area contributed by atoms with Crippen molar-refractivity contribution >= 4 is 27.3 Å². The Hall–Kier alpha value is -0.720. The first-order valence-electron chi connectivity index (χ1n) is 5.75. The molecule has 4 nitrogen and oxygen atoms in total. The Morgan fingerprint density at radius 2 is 2.22 bits per heavy atom. The third-order valence-corrected chi connectivity index (χ3v) is 5.05. The highest BCUT2D eigenvalue weighted by Crippen LogP contribution is 2.25. The van der Waals surface area contributed by atoms with E-state index in [0.29, 0.717) is 0 Å². The Balaban J connectivity index is 2.12. The number of rotatable bonds is 4. The van der Waals surface area contributed by atoms with Crippen molar-refractivity contribution in [3.8, 4) is 0 Å². The molecule has 2 rings (SSSR count). The van der Waals surface area contributed by atoms with E-state index in [1.54, 1.807) is 11.3 Å². The van der Waals surface area contributed by atoms with Crippen LogP contribution in [0.4, 0.5) is 0 Å². The van der Waals surface area contributed by atoms with E-state index < -0.39 is 0 Å². The molecule has 0 spiro atoms. The molecule has 1 N–H and O–H groups in total. The van der Waals surface area contributed by atoms with Gasteiger partial charge in [-0.3, -0.25) is 4.68 Å². The molecule has 0 aliphatic heterocycles. The van der Waals surface area contributed by atoms with Crippen LogP contribution in [0.1, 0.15) is 30.2 Å². The quantitative estimate of drug-likeness (QED) is 0.938. The van der Waals surface area contributed by atoms with E-state index in [1.807, 2.05) is 30.2 Å². The highest BCUT2D eigenvalue weighted by molar-refractivity contribution is 9.10. The van der Waals surface area contributed by atoms with Gasteiger partial charge in [-0.05, 0) is 36.7 Å². The number of nitrogens with one attached hydrogen (secondary N) is 1. The third-order valence-electron chi connectivity index (χ3n) is 2.93. The summed E-state index contributed by atoms with van der Waals surface area (Å²) >= 11 is 5.25. The van der Waals surface area contributed by atoms with Crippen LogP contribution in [0.3, 0.4) is 0 Å². The molecule has 0 aliphatic carbocycles. The fraction of sp³-hybridized carbons (Fsp3) is 0.500. The van der Waals surface area contributed by atoms with Gasteiger partial charge in [0.15, 0.2) is 0 Å². The van der Waals surface area contributed by atoms with Gasteiger partial charge in [-0.1, -0.05) is 0 Å². The number of aryl methyl sites for hydroxylation is 2. The predicted molar refractivity (Wildman–Crippen MR) is 77.6 cm³/mol. The van der Waals surface area contributed by atoms with Crippen molar-refractivity contribution in [3.63, 3.8) is 0 Å². The van der Waals surface area contributed by atoms with Crippen molar-refractivity contribution in [2.75, 3.05) is 0 Å². The van der Waals surface area contributed by atoms with Gasteiger partial charge in [-0.15, -0.1) is 11.3 Å². The predicted octanol–water partition coefficient (Wildman–Crippen LogP) is 2.97. The topological polar surface area (TPSA) is 42.7 Å². The molecule has 0 aliphatic rings. The fourth-order valence-electron chi connectivity index (χ4n) is 1.78. The lowest BCUT2D eigenvalue weighted by atomic mass is 10.1. The lowest BCUT2D eigenvalue weighted by Crippen LogP contribution is -2.36. The summed E-state index contributed by atoms with van der Waals surface area (Å²) in [6.07, 6.45) is 1.84. The van der Waals surface area contributed by atoms with Crippen LogP contribution in [0.5, 0.6) is 0 Å². The molecule has 0 aromatic carbocycles. The zero-order valence-corrected chi connectivity index (χ0v) is 13.4. The second kappa shape index (κ2) is 5.11. The summed E-state index contributed by atoms with van der Waals surface area (Å²) in [5.41, 5.74) is 2.03. The van der Waals surface area contributed by atoms with Crippen LogP contribution in [0.25, 0.3) is 0 Å². The van der Waals surface area contributed by atoms with Crippen LogP contribution in [0, 0.1) is 6.92 Å². The molecule has 0 fully saturated rings. The van der Waals surface area contributed by atoms with E-state index in [9.17, 15) is 0 Å². The van der Waals surface area contributed by atoms with E-state index in [4.69, 9.17) is 0 Å². The Kier molecular flexibility index (Phi) is 3.89. The average molecular weight is 329 g/mol. The molecule has 0 radical (unpaired) electrons. The molecule has 0 saturated carbocycles.